The molecule has 0 bridgehead atoms. The van der Waals surface area contributed by atoms with Gasteiger partial charge in [0.2, 0.25) is 0 Å². The number of carbonyl (C=O) groups is 1. The Balaban J connectivity index is 1.74. The average molecular weight is 461 g/mol. The smallest absolute Gasteiger partial charge is 0.339 e. The zero-order chi connectivity index (χ0) is 24.5. The Bertz CT molecular complexity index is 1200. The van der Waals surface area contributed by atoms with E-state index in [4.69, 9.17) is 14.3 Å². The van der Waals surface area contributed by atoms with E-state index in [-0.39, 0.29) is 12.2 Å². The highest BCUT2D eigenvalue weighted by atomic mass is 16.6. The predicted octanol–water partition coefficient (Wildman–Crippen LogP) is 5.29. The number of nitrogens with zero attached hydrogens (tertiary/aromatic N) is 2. The Labute approximate surface area is 199 Å². The van der Waals surface area contributed by atoms with Gasteiger partial charge in [-0.15, -0.1) is 0 Å². The molecule has 0 aliphatic carbocycles. The van der Waals surface area contributed by atoms with Gasteiger partial charge in [-0.1, -0.05) is 35.5 Å². The van der Waals surface area contributed by atoms with Gasteiger partial charge >= 0.3 is 5.97 Å². The van der Waals surface area contributed by atoms with Crippen LogP contribution in [-0.4, -0.2) is 28.9 Å². The molecule has 0 radical (unpaired) electrons. The van der Waals surface area contributed by atoms with Gasteiger partial charge in [0, 0.05) is 11.8 Å². The van der Waals surface area contributed by atoms with Gasteiger partial charge in [0.15, 0.2) is 6.61 Å². The molecule has 7 heteroatoms. The summed E-state index contributed by atoms with van der Waals surface area (Å²) in [5, 5.41) is 13.8. The maximum absolute atomic E-state index is 11.7. The summed E-state index contributed by atoms with van der Waals surface area (Å²) in [6, 6.07) is 16.8. The molecule has 0 saturated heterocycles. The molecule has 1 aromatic heterocycles. The number of pyridine rings is 1. The van der Waals surface area contributed by atoms with Crippen LogP contribution in [0.2, 0.25) is 0 Å². The first-order valence-electron chi connectivity index (χ1n) is 10.8. The highest BCUT2D eigenvalue weighted by Gasteiger charge is 2.16. The number of aryl methyl sites for hydroxylation is 2. The first-order chi connectivity index (χ1) is 16.4. The van der Waals surface area contributed by atoms with E-state index in [1.807, 2.05) is 63.2 Å². The van der Waals surface area contributed by atoms with E-state index in [1.54, 1.807) is 18.3 Å². The summed E-state index contributed by atoms with van der Waals surface area (Å²) < 4.78 is 11.0. The van der Waals surface area contributed by atoms with Gasteiger partial charge in [-0.05, 0) is 67.3 Å². The fraction of sp³-hybridized carbons (Fsp3) is 0.222. The Morgan fingerprint density at radius 1 is 1.03 bits per heavy atom. The molecule has 0 amide bonds. The second-order valence-electron chi connectivity index (χ2n) is 7.72. The van der Waals surface area contributed by atoms with Crippen molar-refractivity contribution < 1.29 is 24.2 Å². The van der Waals surface area contributed by atoms with Crippen molar-refractivity contribution in [3.8, 4) is 5.75 Å². The average Bonchev–Trinajstić information content (AvgIpc) is 2.83. The van der Waals surface area contributed by atoms with Crippen LogP contribution in [-0.2, 0) is 27.6 Å². The summed E-state index contributed by atoms with van der Waals surface area (Å²) in [5.41, 5.74) is 5.81. The molecule has 176 valence electrons. The zero-order valence-electron chi connectivity index (χ0n) is 19.7. The summed E-state index contributed by atoms with van der Waals surface area (Å²) in [6.07, 6.45) is 2.94. The summed E-state index contributed by atoms with van der Waals surface area (Å²) >= 11 is 0. The van der Waals surface area contributed by atoms with Crippen molar-refractivity contribution in [2.24, 2.45) is 5.16 Å². The Kier molecular flexibility index (Phi) is 8.40. The Hall–Kier alpha value is -4.13. The second-order valence-corrected chi connectivity index (χ2v) is 7.72. The molecule has 0 saturated carbocycles. The van der Waals surface area contributed by atoms with Crippen LogP contribution in [0.3, 0.4) is 0 Å². The SMILES string of the molecule is COC=C(C(=O)O)c1ccccc1COc1cc(C)c(C(C)=NOCc2ccccn2)cc1C. The van der Waals surface area contributed by atoms with Crippen LogP contribution in [0.15, 0.2) is 72.2 Å². The van der Waals surface area contributed by atoms with E-state index in [9.17, 15) is 9.90 Å². The van der Waals surface area contributed by atoms with Crippen LogP contribution in [0.1, 0.15) is 40.4 Å². The minimum atomic E-state index is -1.06. The largest absolute Gasteiger partial charge is 0.503 e. The molecular formula is C27H28N2O5. The molecule has 2 aromatic carbocycles. The van der Waals surface area contributed by atoms with Crippen molar-refractivity contribution in [1.82, 2.24) is 4.98 Å². The molecule has 3 rings (SSSR count). The number of benzene rings is 2. The number of oxime groups is 1. The fourth-order valence-corrected chi connectivity index (χ4v) is 3.47. The van der Waals surface area contributed by atoms with Crippen LogP contribution in [0.5, 0.6) is 5.75 Å². The van der Waals surface area contributed by atoms with E-state index in [0.717, 1.165) is 33.7 Å². The van der Waals surface area contributed by atoms with Crippen LogP contribution < -0.4 is 4.74 Å². The summed E-state index contributed by atoms with van der Waals surface area (Å²) in [5.74, 6) is -0.350. The molecule has 34 heavy (non-hydrogen) atoms. The Morgan fingerprint density at radius 2 is 1.79 bits per heavy atom. The van der Waals surface area contributed by atoms with Crippen LogP contribution in [0.4, 0.5) is 0 Å². The van der Waals surface area contributed by atoms with E-state index >= 15 is 0 Å². The topological polar surface area (TPSA) is 90.2 Å². The molecule has 0 fully saturated rings. The lowest BCUT2D eigenvalue weighted by molar-refractivity contribution is -0.130. The van der Waals surface area contributed by atoms with Gasteiger partial charge in [0.1, 0.15) is 17.9 Å². The minimum Gasteiger partial charge on any atom is -0.503 e. The molecular weight excluding hydrogens is 432 g/mol. The highest BCUT2D eigenvalue weighted by molar-refractivity contribution is 6.15. The van der Waals surface area contributed by atoms with Crippen molar-refractivity contribution >= 4 is 17.3 Å². The number of aliphatic carboxylic acids is 1. The summed E-state index contributed by atoms with van der Waals surface area (Å²) in [4.78, 5) is 21.3. The molecule has 0 atom stereocenters. The zero-order valence-corrected chi connectivity index (χ0v) is 19.7. The number of ether oxygens (including phenoxy) is 2. The lowest BCUT2D eigenvalue weighted by Crippen LogP contribution is -2.07. The van der Waals surface area contributed by atoms with Crippen molar-refractivity contribution in [2.45, 2.75) is 34.0 Å². The monoisotopic (exact) mass is 460 g/mol. The molecule has 7 nitrogen and oxygen atoms in total. The van der Waals surface area contributed by atoms with Gasteiger partial charge in [0.25, 0.3) is 0 Å². The van der Waals surface area contributed by atoms with Gasteiger partial charge < -0.3 is 19.4 Å². The normalized spacial score (nSPS) is 11.8. The van der Waals surface area contributed by atoms with Gasteiger partial charge in [-0.25, -0.2) is 4.79 Å². The summed E-state index contributed by atoms with van der Waals surface area (Å²) in [6.45, 7) is 6.35. The van der Waals surface area contributed by atoms with Crippen LogP contribution in [0, 0.1) is 13.8 Å². The molecule has 0 spiro atoms. The second kappa shape index (κ2) is 11.7. The maximum atomic E-state index is 11.7. The van der Waals surface area contributed by atoms with Crippen molar-refractivity contribution in [2.75, 3.05) is 7.11 Å². The number of hydrogen-bond acceptors (Lipinski definition) is 6. The van der Waals surface area contributed by atoms with Crippen molar-refractivity contribution in [3.63, 3.8) is 0 Å². The lowest BCUT2D eigenvalue weighted by Gasteiger charge is -2.15. The summed E-state index contributed by atoms with van der Waals surface area (Å²) in [7, 11) is 1.42. The number of methoxy groups -OCH3 is 1. The number of hydrogen-bond donors (Lipinski definition) is 1. The number of carboxylic acid groups (broad SMARTS) is 1. The first-order valence-corrected chi connectivity index (χ1v) is 10.8. The van der Waals surface area contributed by atoms with Crippen LogP contribution >= 0.6 is 0 Å². The molecule has 1 N–H and O–H groups in total. The van der Waals surface area contributed by atoms with Crippen molar-refractivity contribution in [1.29, 1.82) is 0 Å². The standard InChI is InChI=1S/C27H28N2O5/c1-18-14-26(33-15-21-9-5-6-11-23(21)25(17-32-4)27(30)31)19(2)13-24(18)20(3)29-34-16-22-10-7-8-12-28-22/h5-14,17H,15-16H2,1-4H3,(H,30,31). The molecule has 3 aromatic rings. The fourth-order valence-electron chi connectivity index (χ4n) is 3.47. The van der Waals surface area contributed by atoms with E-state index < -0.39 is 5.97 Å². The number of carboxylic acids is 1. The highest BCUT2D eigenvalue weighted by Crippen LogP contribution is 2.26. The predicted molar refractivity (Wildman–Crippen MR) is 131 cm³/mol. The van der Waals surface area contributed by atoms with Gasteiger partial charge in [-0.2, -0.15) is 0 Å². The molecule has 0 unspecified atom stereocenters. The number of rotatable bonds is 10. The van der Waals surface area contributed by atoms with E-state index in [2.05, 4.69) is 10.1 Å². The molecule has 0 aliphatic heterocycles. The first kappa shape index (κ1) is 24.5. The minimum absolute atomic E-state index is 0.0717. The third kappa shape index (κ3) is 6.22. The van der Waals surface area contributed by atoms with E-state index in [0.29, 0.717) is 17.9 Å². The quantitative estimate of drug-likeness (QED) is 0.191. The number of aromatic nitrogens is 1. The lowest BCUT2D eigenvalue weighted by atomic mass is 10.0. The third-order valence-corrected chi connectivity index (χ3v) is 5.21. The Morgan fingerprint density at radius 3 is 2.50 bits per heavy atom. The van der Waals surface area contributed by atoms with Crippen molar-refractivity contribution in [3.05, 3.63) is 101 Å². The van der Waals surface area contributed by atoms with E-state index in [1.165, 1.54) is 13.4 Å². The molecule has 1 heterocycles. The maximum Gasteiger partial charge on any atom is 0.339 e. The third-order valence-electron chi connectivity index (χ3n) is 5.21. The molecule has 0 aliphatic rings. The van der Waals surface area contributed by atoms with Gasteiger partial charge in [0.05, 0.1) is 24.8 Å². The van der Waals surface area contributed by atoms with Gasteiger partial charge in [-0.3, -0.25) is 4.98 Å². The van der Waals surface area contributed by atoms with Crippen LogP contribution in [0.25, 0.3) is 5.57 Å².